The highest BCUT2D eigenvalue weighted by molar-refractivity contribution is 5.99. The summed E-state index contributed by atoms with van der Waals surface area (Å²) in [5.41, 5.74) is 6.70. The standard InChI is InChI=1S/C16H16N2O3/c17-13-6-2-1-5-12(13)16(19)18-9-11-10-20-14-7-3-4-8-15(14)21-11/h1-8,11H,9-10,17H2,(H,18,19)/t11-/m1/s1. The molecule has 1 amide bonds. The van der Waals surface area contributed by atoms with E-state index in [9.17, 15) is 4.79 Å². The van der Waals surface area contributed by atoms with Crippen LogP contribution in [0.1, 0.15) is 10.4 Å². The number of ether oxygens (including phenoxy) is 2. The number of anilines is 1. The maximum atomic E-state index is 12.1. The van der Waals surface area contributed by atoms with Crippen LogP contribution < -0.4 is 20.5 Å². The van der Waals surface area contributed by atoms with Crippen molar-refractivity contribution in [3.05, 3.63) is 54.1 Å². The second-order valence-electron chi connectivity index (χ2n) is 4.79. The van der Waals surface area contributed by atoms with Gasteiger partial charge in [0.05, 0.1) is 12.1 Å². The van der Waals surface area contributed by atoms with Gasteiger partial charge in [-0.2, -0.15) is 0 Å². The maximum Gasteiger partial charge on any atom is 0.253 e. The number of nitrogen functional groups attached to an aromatic ring is 1. The van der Waals surface area contributed by atoms with Crippen molar-refractivity contribution in [3.63, 3.8) is 0 Å². The Labute approximate surface area is 122 Å². The van der Waals surface area contributed by atoms with Crippen LogP contribution in [-0.4, -0.2) is 25.2 Å². The van der Waals surface area contributed by atoms with Crippen LogP contribution in [0.5, 0.6) is 11.5 Å². The second-order valence-corrected chi connectivity index (χ2v) is 4.79. The van der Waals surface area contributed by atoms with E-state index in [0.717, 1.165) is 5.75 Å². The topological polar surface area (TPSA) is 73.6 Å². The van der Waals surface area contributed by atoms with Crippen molar-refractivity contribution >= 4 is 11.6 Å². The van der Waals surface area contributed by atoms with Gasteiger partial charge in [0.2, 0.25) is 0 Å². The predicted molar refractivity (Wildman–Crippen MR) is 79.5 cm³/mol. The van der Waals surface area contributed by atoms with Crippen LogP contribution in [0.25, 0.3) is 0 Å². The fourth-order valence-electron chi connectivity index (χ4n) is 2.17. The molecule has 5 nitrogen and oxygen atoms in total. The lowest BCUT2D eigenvalue weighted by molar-refractivity contribution is 0.0790. The van der Waals surface area contributed by atoms with Gasteiger partial charge < -0.3 is 20.5 Å². The normalized spacial score (nSPS) is 16.3. The molecule has 0 unspecified atom stereocenters. The van der Waals surface area contributed by atoms with Crippen LogP contribution in [0.15, 0.2) is 48.5 Å². The summed E-state index contributed by atoms with van der Waals surface area (Å²) in [4.78, 5) is 12.1. The van der Waals surface area contributed by atoms with Crippen LogP contribution in [0, 0.1) is 0 Å². The van der Waals surface area contributed by atoms with Gasteiger partial charge in [0.15, 0.2) is 11.5 Å². The number of fused-ring (bicyclic) bond motifs is 1. The van der Waals surface area contributed by atoms with E-state index in [1.807, 2.05) is 24.3 Å². The smallest absolute Gasteiger partial charge is 0.253 e. The van der Waals surface area contributed by atoms with E-state index in [4.69, 9.17) is 15.2 Å². The van der Waals surface area contributed by atoms with Crippen molar-refractivity contribution in [1.29, 1.82) is 0 Å². The van der Waals surface area contributed by atoms with Crippen LogP contribution in [0.3, 0.4) is 0 Å². The van der Waals surface area contributed by atoms with Crippen LogP contribution >= 0.6 is 0 Å². The number of para-hydroxylation sites is 3. The van der Waals surface area contributed by atoms with Gasteiger partial charge in [0.25, 0.3) is 5.91 Å². The van der Waals surface area contributed by atoms with E-state index < -0.39 is 0 Å². The average molecular weight is 284 g/mol. The molecule has 0 saturated heterocycles. The molecule has 0 bridgehead atoms. The van der Waals surface area contributed by atoms with Gasteiger partial charge in [0.1, 0.15) is 12.7 Å². The van der Waals surface area contributed by atoms with Gasteiger partial charge in [0, 0.05) is 5.69 Å². The Kier molecular flexibility index (Phi) is 3.64. The molecule has 0 saturated carbocycles. The molecular weight excluding hydrogens is 268 g/mol. The molecule has 108 valence electrons. The second kappa shape index (κ2) is 5.75. The Bertz CT molecular complexity index is 657. The zero-order chi connectivity index (χ0) is 14.7. The number of hydrogen-bond donors (Lipinski definition) is 2. The molecule has 0 aromatic heterocycles. The average Bonchev–Trinajstić information content (AvgIpc) is 2.53. The van der Waals surface area contributed by atoms with Gasteiger partial charge in [-0.3, -0.25) is 4.79 Å². The minimum atomic E-state index is -0.214. The number of nitrogens with one attached hydrogen (secondary N) is 1. The highest BCUT2D eigenvalue weighted by Gasteiger charge is 2.21. The molecule has 1 aliphatic rings. The first-order chi connectivity index (χ1) is 10.2. The molecule has 0 fully saturated rings. The fourth-order valence-corrected chi connectivity index (χ4v) is 2.17. The molecular formula is C16H16N2O3. The molecule has 1 atom stereocenters. The number of carbonyl (C=O) groups excluding carboxylic acids is 1. The van der Waals surface area contributed by atoms with E-state index in [1.165, 1.54) is 0 Å². The monoisotopic (exact) mass is 284 g/mol. The predicted octanol–water partition coefficient (Wildman–Crippen LogP) is 1.84. The molecule has 3 N–H and O–H groups in total. The third-order valence-electron chi connectivity index (χ3n) is 3.26. The third-order valence-corrected chi connectivity index (χ3v) is 3.26. The molecule has 5 heteroatoms. The van der Waals surface area contributed by atoms with Crippen molar-refractivity contribution < 1.29 is 14.3 Å². The Morgan fingerprint density at radius 2 is 1.86 bits per heavy atom. The van der Waals surface area contributed by atoms with Crippen molar-refractivity contribution in [1.82, 2.24) is 5.32 Å². The molecule has 0 radical (unpaired) electrons. The fraction of sp³-hybridized carbons (Fsp3) is 0.188. The number of amides is 1. The zero-order valence-electron chi connectivity index (χ0n) is 11.4. The number of carbonyl (C=O) groups is 1. The lowest BCUT2D eigenvalue weighted by Crippen LogP contribution is -2.40. The SMILES string of the molecule is Nc1ccccc1C(=O)NC[C@@H]1COc2ccccc2O1. The largest absolute Gasteiger partial charge is 0.486 e. The minimum absolute atomic E-state index is 0.212. The van der Waals surface area contributed by atoms with E-state index in [0.29, 0.717) is 30.2 Å². The summed E-state index contributed by atoms with van der Waals surface area (Å²) in [7, 11) is 0. The number of benzene rings is 2. The summed E-state index contributed by atoms with van der Waals surface area (Å²) >= 11 is 0. The number of rotatable bonds is 3. The first-order valence-electron chi connectivity index (χ1n) is 6.75. The van der Waals surface area contributed by atoms with E-state index in [1.54, 1.807) is 24.3 Å². The quantitative estimate of drug-likeness (QED) is 0.843. The molecule has 1 aliphatic heterocycles. The van der Waals surface area contributed by atoms with Gasteiger partial charge in [-0.25, -0.2) is 0 Å². The van der Waals surface area contributed by atoms with Crippen LogP contribution in [0.4, 0.5) is 5.69 Å². The summed E-state index contributed by atoms with van der Waals surface area (Å²) < 4.78 is 11.4. The third kappa shape index (κ3) is 2.91. The molecule has 0 aliphatic carbocycles. The van der Waals surface area contributed by atoms with Crippen molar-refractivity contribution in [2.45, 2.75) is 6.10 Å². The summed E-state index contributed by atoms with van der Waals surface area (Å²) in [5, 5.41) is 2.82. The summed E-state index contributed by atoms with van der Waals surface area (Å²) in [6, 6.07) is 14.4. The zero-order valence-corrected chi connectivity index (χ0v) is 11.4. The van der Waals surface area contributed by atoms with Crippen molar-refractivity contribution in [2.24, 2.45) is 0 Å². The molecule has 1 heterocycles. The lowest BCUT2D eigenvalue weighted by atomic mass is 10.1. The highest BCUT2D eigenvalue weighted by atomic mass is 16.6. The number of hydrogen-bond acceptors (Lipinski definition) is 4. The Morgan fingerprint density at radius 1 is 1.14 bits per heavy atom. The summed E-state index contributed by atoms with van der Waals surface area (Å²) in [6.07, 6.45) is -0.214. The molecule has 21 heavy (non-hydrogen) atoms. The van der Waals surface area contributed by atoms with E-state index in [2.05, 4.69) is 5.32 Å². The molecule has 3 rings (SSSR count). The Balaban J connectivity index is 1.59. The first kappa shape index (κ1) is 13.3. The summed E-state index contributed by atoms with van der Waals surface area (Å²) in [6.45, 7) is 0.767. The maximum absolute atomic E-state index is 12.1. The summed E-state index contributed by atoms with van der Waals surface area (Å²) in [5.74, 6) is 1.21. The van der Waals surface area contributed by atoms with E-state index in [-0.39, 0.29) is 12.0 Å². The Morgan fingerprint density at radius 3 is 2.67 bits per heavy atom. The van der Waals surface area contributed by atoms with E-state index >= 15 is 0 Å². The van der Waals surface area contributed by atoms with Crippen molar-refractivity contribution in [2.75, 3.05) is 18.9 Å². The molecule has 0 spiro atoms. The first-order valence-corrected chi connectivity index (χ1v) is 6.75. The van der Waals surface area contributed by atoms with Crippen LogP contribution in [0.2, 0.25) is 0 Å². The van der Waals surface area contributed by atoms with Gasteiger partial charge >= 0.3 is 0 Å². The highest BCUT2D eigenvalue weighted by Crippen LogP contribution is 2.30. The Hall–Kier alpha value is -2.69. The lowest BCUT2D eigenvalue weighted by Gasteiger charge is -2.26. The van der Waals surface area contributed by atoms with Gasteiger partial charge in [-0.15, -0.1) is 0 Å². The van der Waals surface area contributed by atoms with Crippen molar-refractivity contribution in [3.8, 4) is 11.5 Å². The molecule has 2 aromatic carbocycles. The van der Waals surface area contributed by atoms with Gasteiger partial charge in [-0.1, -0.05) is 24.3 Å². The minimum Gasteiger partial charge on any atom is -0.486 e. The van der Waals surface area contributed by atoms with Gasteiger partial charge in [-0.05, 0) is 24.3 Å². The number of nitrogens with two attached hydrogens (primary N) is 1. The van der Waals surface area contributed by atoms with Crippen LogP contribution in [-0.2, 0) is 0 Å². The molecule has 2 aromatic rings.